The summed E-state index contributed by atoms with van der Waals surface area (Å²) in [4.78, 5) is 0. The molecule has 0 atom stereocenters. The van der Waals surface area contributed by atoms with Crippen LogP contribution in [0.1, 0.15) is 11.6 Å². The Hall–Kier alpha value is -2.04. The molecule has 0 amide bonds. The molecule has 0 bridgehead atoms. The van der Waals surface area contributed by atoms with Gasteiger partial charge in [0.1, 0.15) is 0 Å². The Labute approximate surface area is 131 Å². The lowest BCUT2D eigenvalue weighted by Crippen LogP contribution is -2.52. The van der Waals surface area contributed by atoms with E-state index in [1.807, 2.05) is 0 Å². The van der Waals surface area contributed by atoms with Gasteiger partial charge in [-0.25, -0.2) is 0 Å². The zero-order chi connectivity index (χ0) is 21.0. The molecule has 0 aliphatic heterocycles. The van der Waals surface area contributed by atoms with Crippen molar-refractivity contribution in [3.8, 4) is 0 Å². The van der Waals surface area contributed by atoms with Gasteiger partial charge in [-0.2, -0.15) is 61.5 Å². The molecule has 18 heteroatoms. The Morgan fingerprint density at radius 2 is 0.577 bits per heavy atom. The first kappa shape index (κ1) is 22.0. The van der Waals surface area contributed by atoms with Crippen LogP contribution in [0, 0.1) is 0 Å². The molecule has 0 saturated heterocycles. The molecule has 1 aromatic heterocycles. The maximum absolute atomic E-state index is 13.1. The molecule has 0 aliphatic carbocycles. The summed E-state index contributed by atoms with van der Waals surface area (Å²) in [6.07, 6.45) is -13.8. The molecule has 0 aromatic carbocycles. The van der Waals surface area contributed by atoms with E-state index in [9.17, 15) is 61.5 Å². The quantitative estimate of drug-likeness (QED) is 0.698. The minimum atomic E-state index is -6.90. The van der Waals surface area contributed by atoms with Gasteiger partial charge in [-0.3, -0.25) is 0 Å². The first-order valence-electron chi connectivity index (χ1n) is 5.44. The smallest absolute Gasteiger partial charge is 0.190 e. The average molecular weight is 418 g/mol. The summed E-state index contributed by atoms with van der Waals surface area (Å²) in [5.41, 5.74) is 0. The topological polar surface area (TPSA) is 51.6 Å². The summed E-state index contributed by atoms with van der Waals surface area (Å²) >= 11 is 0. The zero-order valence-electron chi connectivity index (χ0n) is 11.1. The van der Waals surface area contributed by atoms with Crippen LogP contribution in [0.15, 0.2) is 0 Å². The Bertz CT molecular complexity index is 587. The van der Waals surface area contributed by atoms with Crippen molar-refractivity contribution in [1.29, 1.82) is 0 Å². The van der Waals surface area contributed by atoms with Crippen LogP contribution in [0.3, 0.4) is 0 Å². The lowest BCUT2D eigenvalue weighted by molar-refractivity contribution is -0.363. The predicted octanol–water partition coefficient (Wildman–Crippen LogP) is 3.85. The molecule has 0 N–H and O–H groups in total. The Kier molecular flexibility index (Phi) is 4.85. The van der Waals surface area contributed by atoms with E-state index < -0.39 is 47.7 Å². The lowest BCUT2D eigenvalue weighted by atomic mass is 10.1. The van der Waals surface area contributed by atoms with Crippen molar-refractivity contribution in [1.82, 2.24) is 20.4 Å². The van der Waals surface area contributed by atoms with E-state index in [-0.39, 0.29) is 0 Å². The van der Waals surface area contributed by atoms with Crippen LogP contribution < -0.4 is 0 Å². The minimum absolute atomic E-state index is 1.66. The summed E-state index contributed by atoms with van der Waals surface area (Å²) in [7, 11) is 0. The van der Waals surface area contributed by atoms with Crippen LogP contribution in [0.4, 0.5) is 61.5 Å². The van der Waals surface area contributed by atoms with E-state index in [1.165, 1.54) is 0 Å². The normalized spacial score (nSPS) is 15.3. The van der Waals surface area contributed by atoms with Crippen molar-refractivity contribution in [3.63, 3.8) is 0 Å². The first-order chi connectivity index (χ1) is 11.2. The Morgan fingerprint density at radius 1 is 0.385 bits per heavy atom. The molecule has 1 rings (SSSR count). The molecule has 1 heterocycles. The third kappa shape index (κ3) is 3.08. The SMILES string of the molecule is FC(F)(F)C(F)(F)C(F)(F)c1nnc(C(F)(F)C(F)(F)C(F)(F)F)nn1. The highest BCUT2D eigenvalue weighted by Gasteiger charge is 2.77. The summed E-state index contributed by atoms with van der Waals surface area (Å²) in [6.45, 7) is 0. The van der Waals surface area contributed by atoms with Crippen molar-refractivity contribution in [2.75, 3.05) is 0 Å². The van der Waals surface area contributed by atoms with Crippen molar-refractivity contribution in [3.05, 3.63) is 11.6 Å². The highest BCUT2D eigenvalue weighted by atomic mass is 19.4. The van der Waals surface area contributed by atoms with Crippen LogP contribution in [0.2, 0.25) is 0 Å². The van der Waals surface area contributed by atoms with Gasteiger partial charge in [0.2, 0.25) is 11.6 Å². The molecule has 0 fully saturated rings. The Balaban J connectivity index is 3.37. The van der Waals surface area contributed by atoms with E-state index >= 15 is 0 Å². The fraction of sp³-hybridized carbons (Fsp3) is 0.750. The number of hydrogen-bond acceptors (Lipinski definition) is 4. The van der Waals surface area contributed by atoms with Gasteiger partial charge >= 0.3 is 36.0 Å². The molecular weight excluding hydrogens is 418 g/mol. The molecule has 1 aromatic rings. The van der Waals surface area contributed by atoms with Crippen LogP contribution in [-0.2, 0) is 11.8 Å². The lowest BCUT2D eigenvalue weighted by Gasteiger charge is -2.27. The van der Waals surface area contributed by atoms with Crippen LogP contribution in [0.5, 0.6) is 0 Å². The van der Waals surface area contributed by atoms with Crippen LogP contribution in [-0.4, -0.2) is 44.6 Å². The third-order valence-electron chi connectivity index (χ3n) is 2.54. The van der Waals surface area contributed by atoms with Gasteiger partial charge in [-0.15, -0.1) is 20.4 Å². The van der Waals surface area contributed by atoms with Gasteiger partial charge in [0, 0.05) is 0 Å². The second-order valence-corrected chi connectivity index (χ2v) is 4.34. The molecular formula is C8F14N4. The van der Waals surface area contributed by atoms with Gasteiger partial charge in [-0.1, -0.05) is 0 Å². The largest absolute Gasteiger partial charge is 0.460 e. The number of hydrogen-bond donors (Lipinski definition) is 0. The van der Waals surface area contributed by atoms with Crippen LogP contribution in [0.25, 0.3) is 0 Å². The maximum atomic E-state index is 13.1. The highest BCUT2D eigenvalue weighted by Crippen LogP contribution is 2.52. The summed E-state index contributed by atoms with van der Waals surface area (Å²) in [5.74, 6) is -32.4. The van der Waals surface area contributed by atoms with Crippen molar-refractivity contribution < 1.29 is 61.5 Å². The van der Waals surface area contributed by atoms with Crippen molar-refractivity contribution >= 4 is 0 Å². The molecule has 0 aliphatic rings. The number of aromatic nitrogens is 4. The second-order valence-electron chi connectivity index (χ2n) is 4.34. The van der Waals surface area contributed by atoms with E-state index in [1.54, 1.807) is 20.4 Å². The maximum Gasteiger partial charge on any atom is 0.460 e. The van der Waals surface area contributed by atoms with E-state index in [0.29, 0.717) is 0 Å². The molecule has 26 heavy (non-hydrogen) atoms. The molecule has 4 nitrogen and oxygen atoms in total. The van der Waals surface area contributed by atoms with Crippen LogP contribution >= 0.6 is 0 Å². The van der Waals surface area contributed by atoms with Gasteiger partial charge in [0.05, 0.1) is 0 Å². The monoisotopic (exact) mass is 418 g/mol. The third-order valence-corrected chi connectivity index (χ3v) is 2.54. The van der Waals surface area contributed by atoms with E-state index in [0.717, 1.165) is 0 Å². The molecule has 0 spiro atoms. The Morgan fingerprint density at radius 3 is 0.731 bits per heavy atom. The van der Waals surface area contributed by atoms with Crippen molar-refractivity contribution in [2.24, 2.45) is 0 Å². The highest BCUT2D eigenvalue weighted by molar-refractivity contribution is 5.07. The number of alkyl halides is 14. The number of halogens is 14. The number of nitrogens with zero attached hydrogens (tertiary/aromatic N) is 4. The first-order valence-corrected chi connectivity index (χ1v) is 5.44. The number of rotatable bonds is 4. The van der Waals surface area contributed by atoms with Gasteiger partial charge in [0.15, 0.2) is 0 Å². The second kappa shape index (κ2) is 5.73. The van der Waals surface area contributed by atoms with Gasteiger partial charge in [-0.05, 0) is 0 Å². The summed E-state index contributed by atoms with van der Waals surface area (Å²) < 4.78 is 174. The fourth-order valence-electron chi connectivity index (χ4n) is 1.12. The molecule has 150 valence electrons. The van der Waals surface area contributed by atoms with Crippen molar-refractivity contribution in [2.45, 2.75) is 36.0 Å². The van der Waals surface area contributed by atoms with E-state index in [2.05, 4.69) is 0 Å². The van der Waals surface area contributed by atoms with E-state index in [4.69, 9.17) is 0 Å². The predicted molar refractivity (Wildman–Crippen MR) is 47.4 cm³/mol. The molecule has 0 radical (unpaired) electrons. The van der Waals surface area contributed by atoms with Gasteiger partial charge in [0.25, 0.3) is 0 Å². The summed E-state index contributed by atoms with van der Waals surface area (Å²) in [5, 5.41) is 6.63. The minimum Gasteiger partial charge on any atom is -0.190 e. The molecule has 0 saturated carbocycles. The van der Waals surface area contributed by atoms with Gasteiger partial charge < -0.3 is 0 Å². The standard InChI is InChI=1S/C8F14N4/c9-3(10,5(13,14)7(17,18)19)1-23-25-2(26-24-1)4(11,12)6(15,16)8(20,21)22. The molecule has 0 unspecified atom stereocenters. The summed E-state index contributed by atoms with van der Waals surface area (Å²) in [6, 6.07) is 0. The zero-order valence-corrected chi connectivity index (χ0v) is 11.1. The fourth-order valence-corrected chi connectivity index (χ4v) is 1.12. The average Bonchev–Trinajstić information content (AvgIpc) is 2.44.